The molecule has 1 N–H and O–H groups in total. The van der Waals surface area contributed by atoms with E-state index >= 15 is 0 Å². The van der Waals surface area contributed by atoms with Crippen LogP contribution in [0.1, 0.15) is 386 Å². The molecular weight excluding hydrogens is 1110 g/mol. The highest BCUT2D eigenvalue weighted by Crippen LogP contribution is 2.43. The second-order valence-corrected chi connectivity index (χ2v) is 28.8. The van der Waals surface area contributed by atoms with Gasteiger partial charge in [-0.3, -0.25) is 18.6 Å². The van der Waals surface area contributed by atoms with E-state index in [1.165, 1.54) is 295 Å². The molecule has 0 aliphatic heterocycles. The predicted octanol–water partition coefficient (Wildman–Crippen LogP) is 25.2. The second-order valence-electron chi connectivity index (χ2n) is 27.4. The summed E-state index contributed by atoms with van der Waals surface area (Å²) in [5, 5.41) is 0. The lowest BCUT2D eigenvalue weighted by atomic mass is 10.0. The molecule has 0 heterocycles. The Morgan fingerprint density at radius 1 is 0.352 bits per heavy atom. The van der Waals surface area contributed by atoms with Crippen LogP contribution in [-0.4, -0.2) is 74.9 Å². The summed E-state index contributed by atoms with van der Waals surface area (Å²) in [5.74, 6) is -0.788. The molecule has 10 heteroatoms. The zero-order valence-corrected chi connectivity index (χ0v) is 60.1. The fourth-order valence-corrected chi connectivity index (χ4v) is 12.2. The highest BCUT2D eigenvalue weighted by molar-refractivity contribution is 7.47. The monoisotopic (exact) mass is 1260 g/mol. The highest BCUT2D eigenvalue weighted by Gasteiger charge is 2.27. The van der Waals surface area contributed by atoms with Crippen LogP contribution < -0.4 is 0 Å². The van der Waals surface area contributed by atoms with Crippen LogP contribution in [0.25, 0.3) is 0 Å². The second kappa shape index (κ2) is 69.3. The normalized spacial score (nSPS) is 13.3. The third kappa shape index (κ3) is 73.0. The summed E-state index contributed by atoms with van der Waals surface area (Å²) in [5.41, 5.74) is 0. The first kappa shape index (κ1) is 86.0. The Bertz CT molecular complexity index is 1620. The number of quaternary nitrogens is 1. The number of likely N-dealkylation sites (N-methyl/N-ethyl adjacent to an activating group) is 1. The Balaban J connectivity index is 3.88. The Labute approximate surface area is 547 Å². The Morgan fingerprint density at radius 3 is 0.920 bits per heavy atom. The number of carbonyl (C=O) groups excluding carboxylic acids is 2. The number of hydrogen-bond acceptors (Lipinski definition) is 7. The first-order chi connectivity index (χ1) is 43.0. The van der Waals surface area contributed by atoms with Crippen molar-refractivity contribution in [3.8, 4) is 0 Å². The van der Waals surface area contributed by atoms with Gasteiger partial charge in [0, 0.05) is 12.8 Å². The number of rotatable bonds is 72. The van der Waals surface area contributed by atoms with Gasteiger partial charge in [-0.1, -0.05) is 345 Å². The van der Waals surface area contributed by atoms with Crippen molar-refractivity contribution in [2.24, 2.45) is 0 Å². The number of hydrogen-bond donors (Lipinski definition) is 1. The molecule has 0 radical (unpaired) electrons. The summed E-state index contributed by atoms with van der Waals surface area (Å²) < 4.78 is 34.7. The average molecular weight is 1260 g/mol. The number of esters is 2. The van der Waals surface area contributed by atoms with E-state index in [4.69, 9.17) is 18.5 Å². The lowest BCUT2D eigenvalue weighted by Crippen LogP contribution is -2.37. The zero-order valence-electron chi connectivity index (χ0n) is 59.2. The Hall–Kier alpha value is -2.03. The predicted molar refractivity (Wildman–Crippen MR) is 381 cm³/mol. The third-order valence-corrected chi connectivity index (χ3v) is 18.3. The van der Waals surface area contributed by atoms with Gasteiger partial charge >= 0.3 is 19.8 Å². The van der Waals surface area contributed by atoms with Crippen LogP contribution >= 0.6 is 7.82 Å². The lowest BCUT2D eigenvalue weighted by molar-refractivity contribution is -0.870. The molecule has 0 rings (SSSR count). The minimum atomic E-state index is -4.39. The zero-order chi connectivity index (χ0) is 64.1. The average Bonchev–Trinajstić information content (AvgIpc) is 3.68. The first-order valence-electron chi connectivity index (χ1n) is 38.4. The molecule has 88 heavy (non-hydrogen) atoms. The Morgan fingerprint density at radius 2 is 0.614 bits per heavy atom. The van der Waals surface area contributed by atoms with Crippen LogP contribution in [0.15, 0.2) is 48.6 Å². The van der Waals surface area contributed by atoms with Gasteiger partial charge in [-0.2, -0.15) is 0 Å². The van der Waals surface area contributed by atoms with Crippen molar-refractivity contribution in [1.29, 1.82) is 0 Å². The molecule has 9 nitrogen and oxygen atoms in total. The highest BCUT2D eigenvalue weighted by atomic mass is 31.2. The SMILES string of the molecule is CCCCCCC/C=C\C/C=C\C/C=C\CCCCCCCCCCC(=O)OC(COC(=O)CCCCCCCCCCCCCCCCCCCCCCCCCCCCCCC/C=C\CCCCCCCCCC)COP(=O)(O)OCC[N+](C)(C)C. The van der Waals surface area contributed by atoms with Gasteiger partial charge in [-0.15, -0.1) is 0 Å². The summed E-state index contributed by atoms with van der Waals surface area (Å²) in [6.45, 7) is 4.47. The number of phosphoric ester groups is 1. The number of ether oxygens (including phenoxy) is 2. The van der Waals surface area contributed by atoms with Gasteiger partial charge in [0.2, 0.25) is 0 Å². The molecule has 0 aliphatic rings. The van der Waals surface area contributed by atoms with Gasteiger partial charge < -0.3 is 18.9 Å². The maximum Gasteiger partial charge on any atom is 0.472 e. The van der Waals surface area contributed by atoms with Crippen molar-refractivity contribution in [2.75, 3.05) is 47.5 Å². The van der Waals surface area contributed by atoms with Crippen LogP contribution in [0.4, 0.5) is 0 Å². The summed E-state index contributed by atoms with van der Waals surface area (Å²) in [6, 6.07) is 0. The largest absolute Gasteiger partial charge is 0.472 e. The number of carbonyl (C=O) groups is 2. The van der Waals surface area contributed by atoms with Crippen LogP contribution in [0.5, 0.6) is 0 Å². The quantitative estimate of drug-likeness (QED) is 0.0211. The Kier molecular flexibility index (Phi) is 67.7. The molecule has 0 spiro atoms. The van der Waals surface area contributed by atoms with E-state index in [-0.39, 0.29) is 25.6 Å². The van der Waals surface area contributed by atoms with Gasteiger partial charge in [0.25, 0.3) is 0 Å². The molecule has 0 bridgehead atoms. The van der Waals surface area contributed by atoms with Crippen LogP contribution in [-0.2, 0) is 32.7 Å². The van der Waals surface area contributed by atoms with E-state index in [1.54, 1.807) is 0 Å². The maximum atomic E-state index is 12.9. The van der Waals surface area contributed by atoms with Gasteiger partial charge in [-0.05, 0) is 77.0 Å². The molecule has 0 aromatic rings. The van der Waals surface area contributed by atoms with Crippen molar-refractivity contribution in [1.82, 2.24) is 0 Å². The standard InChI is InChI=1S/C78H148NO8P/c1-6-8-10-12-14-16-18-20-22-24-26-28-30-31-32-33-34-35-36-37-38-39-40-41-42-43-44-45-46-47-49-50-52-54-56-58-60-62-64-66-68-70-77(80)84-74-76(75-86-88(82,83)85-73-72-79(3,4)5)87-78(81)71-69-67-65-63-61-59-57-55-53-51-48-29-27-25-23-21-19-17-15-13-11-9-7-2/h19,21,24-27,48,51,76H,6-18,20,22-23,28-47,49-50,52-75H2,1-5H3/p+1/b21-19-,26-24-,27-25-,51-48-. The maximum absolute atomic E-state index is 12.9. The molecule has 2 atom stereocenters. The van der Waals surface area contributed by atoms with Crippen molar-refractivity contribution in [3.63, 3.8) is 0 Å². The van der Waals surface area contributed by atoms with Crippen molar-refractivity contribution < 1.29 is 42.1 Å². The van der Waals surface area contributed by atoms with Crippen LogP contribution in [0, 0.1) is 0 Å². The van der Waals surface area contributed by atoms with Crippen molar-refractivity contribution in [3.05, 3.63) is 48.6 Å². The number of unbranched alkanes of at least 4 members (excludes halogenated alkanes) is 50. The molecule has 2 unspecified atom stereocenters. The van der Waals surface area contributed by atoms with Crippen LogP contribution in [0.2, 0.25) is 0 Å². The number of allylic oxidation sites excluding steroid dienone is 8. The van der Waals surface area contributed by atoms with Gasteiger partial charge in [0.15, 0.2) is 6.10 Å². The minimum Gasteiger partial charge on any atom is -0.462 e. The lowest BCUT2D eigenvalue weighted by Gasteiger charge is -2.24. The molecule has 0 aromatic heterocycles. The van der Waals surface area contributed by atoms with Crippen LogP contribution in [0.3, 0.4) is 0 Å². The first-order valence-corrected chi connectivity index (χ1v) is 39.9. The summed E-state index contributed by atoms with van der Waals surface area (Å²) >= 11 is 0. The number of phosphoric acid groups is 1. The summed E-state index contributed by atoms with van der Waals surface area (Å²) in [7, 11) is 1.49. The summed E-state index contributed by atoms with van der Waals surface area (Å²) in [6.07, 6.45) is 91.2. The topological polar surface area (TPSA) is 108 Å². The van der Waals surface area contributed by atoms with Gasteiger partial charge in [0.05, 0.1) is 27.7 Å². The van der Waals surface area contributed by atoms with E-state index in [0.29, 0.717) is 23.9 Å². The fourth-order valence-electron chi connectivity index (χ4n) is 11.4. The van der Waals surface area contributed by atoms with Gasteiger partial charge in [-0.25, -0.2) is 4.57 Å². The smallest absolute Gasteiger partial charge is 0.462 e. The molecular formula is C78H149NO8P+. The summed E-state index contributed by atoms with van der Waals surface area (Å²) in [4.78, 5) is 35.9. The molecule has 0 saturated heterocycles. The fraction of sp³-hybridized carbons (Fsp3) is 0.872. The molecule has 0 fully saturated rings. The molecule has 0 amide bonds. The van der Waals surface area contributed by atoms with Crippen molar-refractivity contribution in [2.45, 2.75) is 392 Å². The van der Waals surface area contributed by atoms with E-state index < -0.39 is 26.5 Å². The molecule has 0 aromatic carbocycles. The number of nitrogens with zero attached hydrogens (tertiary/aromatic N) is 1. The molecule has 518 valence electrons. The minimum absolute atomic E-state index is 0.0310. The van der Waals surface area contributed by atoms with E-state index in [0.717, 1.165) is 57.8 Å². The molecule has 0 aliphatic carbocycles. The molecule has 0 saturated carbocycles. The van der Waals surface area contributed by atoms with Crippen molar-refractivity contribution >= 4 is 19.8 Å². The van der Waals surface area contributed by atoms with E-state index in [2.05, 4.69) is 62.5 Å². The third-order valence-electron chi connectivity index (χ3n) is 17.3. The van der Waals surface area contributed by atoms with E-state index in [9.17, 15) is 19.0 Å². The van der Waals surface area contributed by atoms with E-state index in [1.807, 2.05) is 21.1 Å². The van der Waals surface area contributed by atoms with Gasteiger partial charge in [0.1, 0.15) is 19.8 Å².